The van der Waals surface area contributed by atoms with E-state index >= 15 is 0 Å². The highest BCUT2D eigenvalue weighted by molar-refractivity contribution is 5.50. The molecule has 1 rings (SSSR count). The highest BCUT2D eigenvalue weighted by Gasteiger charge is 2.07. The van der Waals surface area contributed by atoms with E-state index in [-0.39, 0.29) is 0 Å². The summed E-state index contributed by atoms with van der Waals surface area (Å²) in [6, 6.07) is 2.23. The molecule has 0 N–H and O–H groups in total. The molecule has 0 fully saturated rings. The Labute approximate surface area is 78.8 Å². The van der Waals surface area contributed by atoms with Crippen molar-refractivity contribution in [3.63, 3.8) is 0 Å². The summed E-state index contributed by atoms with van der Waals surface area (Å²) in [5, 5.41) is 9.94. The maximum atomic E-state index is 13.0. The van der Waals surface area contributed by atoms with Crippen LogP contribution in [0.2, 0.25) is 0 Å². The maximum absolute atomic E-state index is 13.0. The second-order valence-corrected chi connectivity index (χ2v) is 2.74. The Kier molecular flexibility index (Phi) is 2.91. The topological polar surface area (TPSA) is 43.1 Å². The minimum atomic E-state index is -0.805. The van der Waals surface area contributed by atoms with E-state index in [0.29, 0.717) is 11.8 Å². The van der Waals surface area contributed by atoms with Crippen LogP contribution in [-0.2, 0) is 0 Å². The first-order valence-electron chi connectivity index (χ1n) is 3.78. The van der Waals surface area contributed by atoms with Gasteiger partial charge >= 0.3 is 0 Å². The van der Waals surface area contributed by atoms with Gasteiger partial charge in [-0.25, -0.2) is 8.78 Å². The zero-order valence-electron chi connectivity index (χ0n) is 7.33. The molecule has 1 aromatic rings. The fraction of sp³-hybridized carbons (Fsp3) is 0.111. The molecule has 1 aromatic carbocycles. The van der Waals surface area contributed by atoms with Gasteiger partial charge in [0.25, 0.3) is 0 Å². The Morgan fingerprint density at radius 3 is 2.29 bits per heavy atom. The molecule has 0 saturated heterocycles. The Morgan fingerprint density at radius 2 is 1.86 bits per heavy atom. The van der Waals surface area contributed by atoms with Crippen LogP contribution in [0.15, 0.2) is 18.3 Å². The fourth-order valence-electron chi connectivity index (χ4n) is 1.01. The lowest BCUT2D eigenvalue weighted by Crippen LogP contribution is -1.91. The van der Waals surface area contributed by atoms with Crippen molar-refractivity contribution in [2.75, 3.05) is 0 Å². The van der Waals surface area contributed by atoms with Gasteiger partial charge in [-0.1, -0.05) is 0 Å². The lowest BCUT2D eigenvalue weighted by atomic mass is 10.1. The molecule has 0 heterocycles. The minimum Gasteiger partial charge on any atom is -0.259 e. The number of benzene rings is 1. The molecule has 0 aromatic heterocycles. The van der Waals surface area contributed by atoms with Crippen LogP contribution in [-0.4, -0.2) is 4.92 Å². The zero-order valence-corrected chi connectivity index (χ0v) is 7.33. The van der Waals surface area contributed by atoms with Gasteiger partial charge in [-0.15, -0.1) is 0 Å². The van der Waals surface area contributed by atoms with Crippen LogP contribution in [0.4, 0.5) is 8.78 Å². The largest absolute Gasteiger partial charge is 0.259 e. The highest BCUT2D eigenvalue weighted by atomic mass is 19.1. The Morgan fingerprint density at radius 1 is 1.36 bits per heavy atom. The monoisotopic (exact) mass is 199 g/mol. The number of halogens is 2. The summed E-state index contributed by atoms with van der Waals surface area (Å²) >= 11 is 0. The van der Waals surface area contributed by atoms with Crippen molar-refractivity contribution < 1.29 is 13.7 Å². The molecule has 0 saturated carbocycles. The Balaban J connectivity index is 3.15. The molecule has 0 unspecified atom stereocenters. The summed E-state index contributed by atoms with van der Waals surface area (Å²) in [5.41, 5.74) is 0.0329. The van der Waals surface area contributed by atoms with Crippen LogP contribution in [0.25, 0.3) is 6.08 Å². The summed E-state index contributed by atoms with van der Waals surface area (Å²) < 4.78 is 26.1. The van der Waals surface area contributed by atoms with Crippen molar-refractivity contribution in [3.8, 4) is 0 Å². The van der Waals surface area contributed by atoms with Crippen LogP contribution in [0.5, 0.6) is 0 Å². The van der Waals surface area contributed by atoms with Crippen molar-refractivity contribution in [2.24, 2.45) is 0 Å². The van der Waals surface area contributed by atoms with E-state index in [1.807, 2.05) is 0 Å². The van der Waals surface area contributed by atoms with Crippen molar-refractivity contribution in [1.82, 2.24) is 0 Å². The van der Waals surface area contributed by atoms with Crippen LogP contribution >= 0.6 is 0 Å². The third-order valence-corrected chi connectivity index (χ3v) is 1.59. The fourth-order valence-corrected chi connectivity index (χ4v) is 1.01. The number of hydrogen-bond acceptors (Lipinski definition) is 2. The molecule has 0 radical (unpaired) electrons. The van der Waals surface area contributed by atoms with E-state index in [4.69, 9.17) is 0 Å². The smallest absolute Gasteiger partial charge is 0.235 e. The normalized spacial score (nSPS) is 10.8. The van der Waals surface area contributed by atoms with Crippen molar-refractivity contribution >= 4 is 6.08 Å². The third-order valence-electron chi connectivity index (χ3n) is 1.59. The highest BCUT2D eigenvalue weighted by Crippen LogP contribution is 2.16. The van der Waals surface area contributed by atoms with E-state index in [1.165, 1.54) is 6.92 Å². The number of aryl methyl sites for hydroxylation is 1. The lowest BCUT2D eigenvalue weighted by molar-refractivity contribution is -0.401. The minimum absolute atomic E-state index is 0.396. The van der Waals surface area contributed by atoms with Crippen LogP contribution in [0.1, 0.15) is 11.1 Å². The van der Waals surface area contributed by atoms with Crippen LogP contribution < -0.4 is 0 Å². The molecule has 0 bridgehead atoms. The van der Waals surface area contributed by atoms with Crippen molar-refractivity contribution in [2.45, 2.75) is 6.92 Å². The molecular weight excluding hydrogens is 192 g/mol. The summed E-state index contributed by atoms with van der Waals surface area (Å²) in [6.45, 7) is 1.53. The molecule has 0 spiro atoms. The van der Waals surface area contributed by atoms with Gasteiger partial charge in [-0.05, 0) is 24.6 Å². The SMILES string of the molecule is Cc1cc(F)c(/C=C/[N+](=O)[O-])c(F)c1. The van der Waals surface area contributed by atoms with Crippen molar-refractivity contribution in [1.29, 1.82) is 0 Å². The maximum Gasteiger partial charge on any atom is 0.235 e. The van der Waals surface area contributed by atoms with E-state index in [0.717, 1.165) is 18.2 Å². The molecule has 0 aliphatic heterocycles. The predicted octanol–water partition coefficient (Wildman–Crippen LogP) is 2.52. The van der Waals surface area contributed by atoms with E-state index < -0.39 is 22.1 Å². The van der Waals surface area contributed by atoms with Gasteiger partial charge in [0.05, 0.1) is 10.5 Å². The van der Waals surface area contributed by atoms with E-state index in [2.05, 4.69) is 0 Å². The Bertz CT molecular complexity index is 379. The van der Waals surface area contributed by atoms with Crippen LogP contribution in [0.3, 0.4) is 0 Å². The molecule has 74 valence electrons. The molecule has 0 amide bonds. The molecule has 0 aliphatic rings. The number of nitrogens with zero attached hydrogens (tertiary/aromatic N) is 1. The van der Waals surface area contributed by atoms with Gasteiger partial charge in [0.2, 0.25) is 6.20 Å². The Hall–Kier alpha value is -1.78. The number of rotatable bonds is 2. The van der Waals surface area contributed by atoms with Gasteiger partial charge in [0.15, 0.2) is 0 Å². The van der Waals surface area contributed by atoms with Crippen LogP contribution in [0, 0.1) is 28.7 Å². The van der Waals surface area contributed by atoms with Gasteiger partial charge in [-0.3, -0.25) is 10.1 Å². The lowest BCUT2D eigenvalue weighted by Gasteiger charge is -1.99. The molecule has 0 aliphatic carbocycles. The average Bonchev–Trinajstić information content (AvgIpc) is 2.01. The summed E-state index contributed by atoms with van der Waals surface area (Å²) in [6.07, 6.45) is 1.29. The van der Waals surface area contributed by atoms with E-state index in [1.54, 1.807) is 0 Å². The quantitative estimate of drug-likeness (QED) is 0.542. The number of hydrogen-bond donors (Lipinski definition) is 0. The predicted molar refractivity (Wildman–Crippen MR) is 47.1 cm³/mol. The first-order chi connectivity index (χ1) is 6.50. The third kappa shape index (κ3) is 2.35. The summed E-state index contributed by atoms with van der Waals surface area (Å²) in [5.74, 6) is -1.61. The molecule has 5 heteroatoms. The first kappa shape index (κ1) is 10.3. The second-order valence-electron chi connectivity index (χ2n) is 2.74. The van der Waals surface area contributed by atoms with Gasteiger partial charge < -0.3 is 0 Å². The first-order valence-corrected chi connectivity index (χ1v) is 3.78. The molecular formula is C9H7F2NO2. The van der Waals surface area contributed by atoms with Gasteiger partial charge in [-0.2, -0.15) is 0 Å². The molecule has 3 nitrogen and oxygen atoms in total. The second kappa shape index (κ2) is 3.95. The van der Waals surface area contributed by atoms with E-state index in [9.17, 15) is 18.9 Å². The number of nitro groups is 1. The molecule has 14 heavy (non-hydrogen) atoms. The summed E-state index contributed by atoms with van der Waals surface area (Å²) in [7, 11) is 0. The van der Waals surface area contributed by atoms with Gasteiger partial charge in [0, 0.05) is 6.08 Å². The summed E-state index contributed by atoms with van der Waals surface area (Å²) in [4.78, 5) is 9.16. The zero-order chi connectivity index (χ0) is 10.7. The van der Waals surface area contributed by atoms with Gasteiger partial charge in [0.1, 0.15) is 11.6 Å². The van der Waals surface area contributed by atoms with Crippen molar-refractivity contribution in [3.05, 3.63) is 51.2 Å². The molecule has 0 atom stereocenters. The standard InChI is InChI=1S/C9H7F2NO2/c1-6-4-8(10)7(9(11)5-6)2-3-12(13)14/h2-5H,1H3/b3-2+. The average molecular weight is 199 g/mol.